The number of carbonyl (C=O) groups is 2. The van der Waals surface area contributed by atoms with E-state index in [1.54, 1.807) is 0 Å². The van der Waals surface area contributed by atoms with Crippen molar-refractivity contribution in [2.75, 3.05) is 6.54 Å². The Hall–Kier alpha value is -2.76. The minimum absolute atomic E-state index is 0.147. The Morgan fingerprint density at radius 1 is 1.08 bits per heavy atom. The van der Waals surface area contributed by atoms with Crippen LogP contribution < -0.4 is 5.32 Å². The molecule has 2 aromatic carbocycles. The van der Waals surface area contributed by atoms with E-state index >= 15 is 0 Å². The second-order valence-corrected chi connectivity index (χ2v) is 5.94. The summed E-state index contributed by atoms with van der Waals surface area (Å²) in [6.45, 7) is 3.86. The normalized spacial score (nSPS) is 12.9. The molecule has 0 aliphatic carbocycles. The molecule has 0 saturated carbocycles. The molecule has 0 unspecified atom stereocenters. The molecular weight excluding hydrogens is 340 g/mol. The van der Waals surface area contributed by atoms with Crippen molar-refractivity contribution >= 4 is 11.9 Å². The number of halogens is 2. The van der Waals surface area contributed by atoms with E-state index in [1.165, 1.54) is 6.92 Å². The fraction of sp³-hybridized carbons (Fsp3) is 0.300. The largest absolute Gasteiger partial charge is 0.449 e. The second-order valence-electron chi connectivity index (χ2n) is 5.94. The Morgan fingerprint density at radius 2 is 1.77 bits per heavy atom. The maximum absolute atomic E-state index is 13.2. The summed E-state index contributed by atoms with van der Waals surface area (Å²) >= 11 is 0. The molecule has 0 fully saturated rings. The van der Waals surface area contributed by atoms with Crippen molar-refractivity contribution in [3.63, 3.8) is 0 Å². The number of amides is 1. The van der Waals surface area contributed by atoms with Gasteiger partial charge in [0.15, 0.2) is 17.7 Å². The highest BCUT2D eigenvalue weighted by molar-refractivity contribution is 5.92. The molecule has 2 rings (SSSR count). The van der Waals surface area contributed by atoms with Crippen LogP contribution in [0.3, 0.4) is 0 Å². The Bertz CT molecular complexity index is 765. The van der Waals surface area contributed by atoms with Gasteiger partial charge in [0.05, 0.1) is 5.56 Å². The molecule has 4 nitrogen and oxygen atoms in total. The number of ether oxygens (including phenoxy) is 1. The second kappa shape index (κ2) is 9.08. The molecule has 26 heavy (non-hydrogen) atoms. The molecule has 138 valence electrons. The predicted octanol–water partition coefficient (Wildman–Crippen LogP) is 3.82. The van der Waals surface area contributed by atoms with Crippen LogP contribution in [-0.2, 0) is 9.53 Å². The predicted molar refractivity (Wildman–Crippen MR) is 93.7 cm³/mol. The highest BCUT2D eigenvalue weighted by atomic mass is 19.2. The van der Waals surface area contributed by atoms with Crippen LogP contribution in [0.25, 0.3) is 0 Å². The number of hydrogen-bond donors (Lipinski definition) is 1. The van der Waals surface area contributed by atoms with Gasteiger partial charge in [-0.1, -0.05) is 37.3 Å². The van der Waals surface area contributed by atoms with Crippen molar-refractivity contribution in [3.8, 4) is 0 Å². The molecule has 1 N–H and O–H groups in total. The summed E-state index contributed by atoms with van der Waals surface area (Å²) in [5.74, 6) is -3.39. The van der Waals surface area contributed by atoms with Crippen LogP contribution in [-0.4, -0.2) is 24.5 Å². The van der Waals surface area contributed by atoms with E-state index in [2.05, 4.69) is 5.32 Å². The summed E-state index contributed by atoms with van der Waals surface area (Å²) in [7, 11) is 0. The number of hydrogen-bond acceptors (Lipinski definition) is 3. The lowest BCUT2D eigenvalue weighted by Gasteiger charge is -2.18. The van der Waals surface area contributed by atoms with Crippen molar-refractivity contribution in [2.24, 2.45) is 0 Å². The summed E-state index contributed by atoms with van der Waals surface area (Å²) in [5, 5.41) is 2.76. The van der Waals surface area contributed by atoms with Crippen LogP contribution >= 0.6 is 0 Å². The Kier molecular flexibility index (Phi) is 6.83. The Labute approximate surface area is 151 Å². The molecule has 0 aliphatic rings. The first-order chi connectivity index (χ1) is 12.4. The van der Waals surface area contributed by atoms with Crippen molar-refractivity contribution in [1.29, 1.82) is 0 Å². The van der Waals surface area contributed by atoms with Crippen molar-refractivity contribution in [2.45, 2.75) is 32.3 Å². The van der Waals surface area contributed by atoms with Crippen LogP contribution in [0, 0.1) is 11.6 Å². The molecule has 0 heterocycles. The monoisotopic (exact) mass is 361 g/mol. The van der Waals surface area contributed by atoms with E-state index in [-0.39, 0.29) is 11.5 Å². The van der Waals surface area contributed by atoms with E-state index in [0.717, 1.165) is 30.2 Å². The first-order valence-corrected chi connectivity index (χ1v) is 8.41. The zero-order chi connectivity index (χ0) is 19.1. The van der Waals surface area contributed by atoms with Gasteiger partial charge >= 0.3 is 5.97 Å². The van der Waals surface area contributed by atoms with Gasteiger partial charge in [-0.25, -0.2) is 13.6 Å². The third-order valence-corrected chi connectivity index (χ3v) is 4.09. The summed E-state index contributed by atoms with van der Waals surface area (Å²) in [4.78, 5) is 24.1. The highest BCUT2D eigenvalue weighted by Gasteiger charge is 2.21. The molecule has 6 heteroatoms. The van der Waals surface area contributed by atoms with Crippen molar-refractivity contribution < 1.29 is 23.1 Å². The average Bonchev–Trinajstić information content (AvgIpc) is 2.65. The topological polar surface area (TPSA) is 55.4 Å². The molecule has 1 amide bonds. The Morgan fingerprint density at radius 3 is 2.38 bits per heavy atom. The van der Waals surface area contributed by atoms with Crippen LogP contribution in [0.4, 0.5) is 8.78 Å². The molecule has 2 aromatic rings. The van der Waals surface area contributed by atoms with Gasteiger partial charge in [-0.3, -0.25) is 4.79 Å². The van der Waals surface area contributed by atoms with Gasteiger partial charge in [0.2, 0.25) is 0 Å². The Balaban J connectivity index is 1.90. The van der Waals surface area contributed by atoms with Crippen LogP contribution in [0.5, 0.6) is 0 Å². The molecule has 0 aromatic heterocycles. The minimum atomic E-state index is -1.15. The molecule has 0 spiro atoms. The maximum Gasteiger partial charge on any atom is 0.339 e. The zero-order valence-corrected chi connectivity index (χ0v) is 14.7. The van der Waals surface area contributed by atoms with Crippen LogP contribution in [0.2, 0.25) is 0 Å². The third kappa shape index (κ3) is 5.12. The van der Waals surface area contributed by atoms with Crippen LogP contribution in [0.15, 0.2) is 48.5 Å². The highest BCUT2D eigenvalue weighted by Crippen LogP contribution is 2.18. The minimum Gasteiger partial charge on any atom is -0.449 e. The van der Waals surface area contributed by atoms with Gasteiger partial charge in [0, 0.05) is 12.5 Å². The number of esters is 1. The lowest BCUT2D eigenvalue weighted by atomic mass is 9.96. The first-order valence-electron chi connectivity index (χ1n) is 8.41. The fourth-order valence-electron chi connectivity index (χ4n) is 2.50. The molecule has 0 aliphatic heterocycles. The third-order valence-electron chi connectivity index (χ3n) is 4.09. The van der Waals surface area contributed by atoms with Crippen LogP contribution in [0.1, 0.15) is 42.1 Å². The summed E-state index contributed by atoms with van der Waals surface area (Å²) in [5.41, 5.74) is 0.959. The zero-order valence-electron chi connectivity index (χ0n) is 14.7. The lowest BCUT2D eigenvalue weighted by Crippen LogP contribution is -2.38. The lowest BCUT2D eigenvalue weighted by molar-refractivity contribution is -0.129. The van der Waals surface area contributed by atoms with E-state index in [4.69, 9.17) is 4.74 Å². The number of carbonyl (C=O) groups excluding carboxylic acids is 2. The number of benzene rings is 2. The van der Waals surface area contributed by atoms with Gasteiger partial charge < -0.3 is 10.1 Å². The van der Waals surface area contributed by atoms with Crippen molar-refractivity contribution in [3.05, 3.63) is 71.3 Å². The first kappa shape index (κ1) is 19.6. The quantitative estimate of drug-likeness (QED) is 0.763. The molecule has 2 atom stereocenters. The molecule has 0 saturated heterocycles. The smallest absolute Gasteiger partial charge is 0.339 e. The number of nitrogens with one attached hydrogen (secondary N) is 1. The molecule has 0 radical (unpaired) electrons. The van der Waals surface area contributed by atoms with E-state index < -0.39 is 29.6 Å². The SMILES string of the molecule is CC[C@H](CNC(=O)[C@H](C)OC(=O)c1ccc(F)c(F)c1)c1ccccc1. The van der Waals surface area contributed by atoms with Crippen molar-refractivity contribution in [1.82, 2.24) is 5.32 Å². The standard InChI is InChI=1S/C20H21F2NO3/c1-3-14(15-7-5-4-6-8-15)12-23-19(24)13(2)26-20(25)16-9-10-17(21)18(22)11-16/h4-11,13-14H,3,12H2,1-2H3,(H,23,24)/t13-,14+/m0/s1. The van der Waals surface area contributed by atoms with Gasteiger partial charge in [-0.2, -0.15) is 0 Å². The van der Waals surface area contributed by atoms with E-state index in [1.807, 2.05) is 37.3 Å². The van der Waals surface area contributed by atoms with Gasteiger partial charge in [0.1, 0.15) is 0 Å². The maximum atomic E-state index is 13.2. The van der Waals surface area contributed by atoms with E-state index in [0.29, 0.717) is 6.54 Å². The molecular formula is C20H21F2NO3. The average molecular weight is 361 g/mol. The summed E-state index contributed by atoms with van der Waals surface area (Å²) in [6, 6.07) is 12.5. The van der Waals surface area contributed by atoms with Gasteiger partial charge in [-0.05, 0) is 37.1 Å². The molecule has 0 bridgehead atoms. The summed E-state index contributed by atoms with van der Waals surface area (Å²) < 4.78 is 31.1. The van der Waals surface area contributed by atoms with Gasteiger partial charge in [-0.15, -0.1) is 0 Å². The van der Waals surface area contributed by atoms with Gasteiger partial charge in [0.25, 0.3) is 5.91 Å². The number of rotatable bonds is 7. The summed E-state index contributed by atoms with van der Waals surface area (Å²) in [6.07, 6.45) is -0.211. The fourth-order valence-corrected chi connectivity index (χ4v) is 2.50. The van der Waals surface area contributed by atoms with E-state index in [9.17, 15) is 18.4 Å².